The van der Waals surface area contributed by atoms with Gasteiger partial charge in [0.25, 0.3) is 0 Å². The maximum atomic E-state index is 12.3. The van der Waals surface area contributed by atoms with Gasteiger partial charge >= 0.3 is 0 Å². The van der Waals surface area contributed by atoms with E-state index in [0.29, 0.717) is 5.56 Å². The van der Waals surface area contributed by atoms with E-state index < -0.39 is 15.1 Å². The van der Waals surface area contributed by atoms with Crippen molar-refractivity contribution in [2.45, 2.75) is 37.9 Å². The van der Waals surface area contributed by atoms with Crippen molar-refractivity contribution in [2.24, 2.45) is 5.92 Å². The van der Waals surface area contributed by atoms with Crippen LogP contribution < -0.4 is 0 Å². The standard InChI is InChI=1S/C15H20O3S/c1-12(15(16)14-9-3-2-4-10-14)19(17,18)11-13-7-5-6-8-13/h2-4,9-10,12-13H,5-8,11H2,1H3. The van der Waals surface area contributed by atoms with Gasteiger partial charge in [0.1, 0.15) is 5.25 Å². The first-order valence-corrected chi connectivity index (χ1v) is 8.53. The summed E-state index contributed by atoms with van der Waals surface area (Å²) in [6.45, 7) is 1.51. The number of rotatable bonds is 5. The fourth-order valence-corrected chi connectivity index (χ4v) is 4.39. The Balaban J connectivity index is 2.09. The van der Waals surface area contributed by atoms with Crippen LogP contribution in [0.3, 0.4) is 0 Å². The van der Waals surface area contributed by atoms with Crippen LogP contribution in [0, 0.1) is 5.92 Å². The highest BCUT2D eigenvalue weighted by Gasteiger charge is 2.31. The monoisotopic (exact) mass is 280 g/mol. The Hall–Kier alpha value is -1.16. The van der Waals surface area contributed by atoms with E-state index >= 15 is 0 Å². The molecular formula is C15H20O3S. The fourth-order valence-electron chi connectivity index (χ4n) is 2.65. The highest BCUT2D eigenvalue weighted by molar-refractivity contribution is 7.92. The second kappa shape index (κ2) is 5.87. The van der Waals surface area contributed by atoms with Crippen LogP contribution in [0.4, 0.5) is 0 Å². The third kappa shape index (κ3) is 3.44. The Morgan fingerprint density at radius 3 is 2.37 bits per heavy atom. The second-order valence-corrected chi connectivity index (χ2v) is 7.72. The molecule has 19 heavy (non-hydrogen) atoms. The van der Waals surface area contributed by atoms with E-state index in [1.54, 1.807) is 24.3 Å². The van der Waals surface area contributed by atoms with Gasteiger partial charge in [0.2, 0.25) is 0 Å². The minimum absolute atomic E-state index is 0.159. The molecular weight excluding hydrogens is 260 g/mol. The summed E-state index contributed by atoms with van der Waals surface area (Å²) in [6.07, 6.45) is 4.18. The third-order valence-corrected chi connectivity index (χ3v) is 6.14. The molecule has 0 radical (unpaired) electrons. The predicted molar refractivity (Wildman–Crippen MR) is 76.0 cm³/mol. The normalized spacial score (nSPS) is 18.4. The number of hydrogen-bond donors (Lipinski definition) is 0. The summed E-state index contributed by atoms with van der Waals surface area (Å²) < 4.78 is 24.6. The van der Waals surface area contributed by atoms with Crippen molar-refractivity contribution in [3.05, 3.63) is 35.9 Å². The number of sulfone groups is 1. The van der Waals surface area contributed by atoms with E-state index in [0.717, 1.165) is 25.7 Å². The maximum Gasteiger partial charge on any atom is 0.180 e. The lowest BCUT2D eigenvalue weighted by Gasteiger charge is -2.15. The van der Waals surface area contributed by atoms with Crippen molar-refractivity contribution in [3.63, 3.8) is 0 Å². The van der Waals surface area contributed by atoms with E-state index in [4.69, 9.17) is 0 Å². The van der Waals surface area contributed by atoms with Gasteiger partial charge in [0, 0.05) is 5.56 Å². The summed E-state index contributed by atoms with van der Waals surface area (Å²) in [6, 6.07) is 8.66. The molecule has 0 aliphatic heterocycles. The zero-order valence-electron chi connectivity index (χ0n) is 11.2. The molecule has 1 aromatic rings. The van der Waals surface area contributed by atoms with Gasteiger partial charge in [-0.2, -0.15) is 0 Å². The molecule has 1 atom stereocenters. The Labute approximate surface area is 114 Å². The Bertz CT molecular complexity index is 528. The molecule has 0 amide bonds. The molecule has 1 unspecified atom stereocenters. The minimum Gasteiger partial charge on any atom is -0.293 e. The van der Waals surface area contributed by atoms with Gasteiger partial charge in [-0.15, -0.1) is 0 Å². The molecule has 0 heterocycles. The molecule has 3 nitrogen and oxygen atoms in total. The van der Waals surface area contributed by atoms with Crippen LogP contribution in [-0.2, 0) is 9.84 Å². The van der Waals surface area contributed by atoms with E-state index in [1.165, 1.54) is 6.92 Å². The molecule has 0 spiro atoms. The number of carbonyl (C=O) groups is 1. The first kappa shape index (κ1) is 14.3. The van der Waals surface area contributed by atoms with Crippen molar-refractivity contribution < 1.29 is 13.2 Å². The summed E-state index contributed by atoms with van der Waals surface area (Å²) in [5.41, 5.74) is 0.477. The van der Waals surface area contributed by atoms with Gasteiger partial charge in [-0.05, 0) is 25.7 Å². The molecule has 1 aromatic carbocycles. The summed E-state index contributed by atoms with van der Waals surface area (Å²) in [4.78, 5) is 12.2. The maximum absolute atomic E-state index is 12.3. The van der Waals surface area contributed by atoms with Crippen molar-refractivity contribution in [3.8, 4) is 0 Å². The molecule has 1 fully saturated rings. The largest absolute Gasteiger partial charge is 0.293 e. The van der Waals surface area contributed by atoms with E-state index in [2.05, 4.69) is 0 Å². The average Bonchev–Trinajstić information content (AvgIpc) is 2.90. The van der Waals surface area contributed by atoms with E-state index in [9.17, 15) is 13.2 Å². The van der Waals surface area contributed by atoms with Crippen molar-refractivity contribution in [1.82, 2.24) is 0 Å². The minimum atomic E-state index is -3.34. The number of hydrogen-bond acceptors (Lipinski definition) is 3. The zero-order chi connectivity index (χ0) is 13.9. The lowest BCUT2D eigenvalue weighted by atomic mass is 10.1. The summed E-state index contributed by atoms with van der Waals surface area (Å²) in [7, 11) is -3.34. The summed E-state index contributed by atoms with van der Waals surface area (Å²) in [5, 5.41) is -0.935. The average molecular weight is 280 g/mol. The first-order chi connectivity index (χ1) is 9.00. The van der Waals surface area contributed by atoms with Gasteiger partial charge in [-0.25, -0.2) is 8.42 Å². The third-order valence-electron chi connectivity index (χ3n) is 3.91. The first-order valence-electron chi connectivity index (χ1n) is 6.81. The summed E-state index contributed by atoms with van der Waals surface area (Å²) in [5.74, 6) is 0.113. The SMILES string of the molecule is CC(C(=O)c1ccccc1)S(=O)(=O)CC1CCCC1. The molecule has 1 aliphatic carbocycles. The molecule has 0 bridgehead atoms. The van der Waals surface area contributed by atoms with Gasteiger partial charge in [0.15, 0.2) is 15.6 Å². The second-order valence-electron chi connectivity index (χ2n) is 5.35. The van der Waals surface area contributed by atoms with Gasteiger partial charge in [0.05, 0.1) is 5.75 Å². The zero-order valence-corrected chi connectivity index (χ0v) is 12.0. The van der Waals surface area contributed by atoms with Crippen molar-refractivity contribution in [1.29, 1.82) is 0 Å². The number of Topliss-reactive ketones (excluding diaryl/α,β-unsaturated/α-hetero) is 1. The van der Waals surface area contributed by atoms with Crippen LogP contribution in [0.2, 0.25) is 0 Å². The molecule has 1 aliphatic rings. The number of carbonyl (C=O) groups excluding carboxylic acids is 1. The van der Waals surface area contributed by atoms with E-state index in [1.807, 2.05) is 6.07 Å². The molecule has 4 heteroatoms. The molecule has 104 valence electrons. The van der Waals surface area contributed by atoms with Crippen LogP contribution in [0.15, 0.2) is 30.3 Å². The molecule has 0 saturated heterocycles. The highest BCUT2D eigenvalue weighted by Crippen LogP contribution is 2.27. The Morgan fingerprint density at radius 2 is 1.79 bits per heavy atom. The van der Waals surface area contributed by atoms with Crippen LogP contribution in [0.1, 0.15) is 43.0 Å². The Morgan fingerprint density at radius 1 is 1.21 bits per heavy atom. The molecule has 0 aromatic heterocycles. The van der Waals surface area contributed by atoms with Crippen LogP contribution in [0.25, 0.3) is 0 Å². The van der Waals surface area contributed by atoms with Gasteiger partial charge in [-0.1, -0.05) is 43.2 Å². The fraction of sp³-hybridized carbons (Fsp3) is 0.533. The van der Waals surface area contributed by atoms with Crippen LogP contribution in [0.5, 0.6) is 0 Å². The highest BCUT2D eigenvalue weighted by atomic mass is 32.2. The smallest absolute Gasteiger partial charge is 0.180 e. The molecule has 0 N–H and O–H groups in total. The number of ketones is 1. The lowest BCUT2D eigenvalue weighted by molar-refractivity contribution is 0.0991. The van der Waals surface area contributed by atoms with Gasteiger partial charge < -0.3 is 0 Å². The number of benzene rings is 1. The van der Waals surface area contributed by atoms with Crippen LogP contribution >= 0.6 is 0 Å². The van der Waals surface area contributed by atoms with Crippen molar-refractivity contribution >= 4 is 15.6 Å². The predicted octanol–water partition coefficient (Wildman–Crippen LogP) is 2.86. The Kier molecular flexibility index (Phi) is 4.40. The quantitative estimate of drug-likeness (QED) is 0.779. The van der Waals surface area contributed by atoms with E-state index in [-0.39, 0.29) is 17.5 Å². The topological polar surface area (TPSA) is 51.2 Å². The van der Waals surface area contributed by atoms with Crippen molar-refractivity contribution in [2.75, 3.05) is 5.75 Å². The molecule has 1 saturated carbocycles. The summed E-state index contributed by atoms with van der Waals surface area (Å²) >= 11 is 0. The molecule has 2 rings (SSSR count). The lowest BCUT2D eigenvalue weighted by Crippen LogP contribution is -2.31. The van der Waals surface area contributed by atoms with Crippen LogP contribution in [-0.4, -0.2) is 25.2 Å². The van der Waals surface area contributed by atoms with Gasteiger partial charge in [-0.3, -0.25) is 4.79 Å².